The Balaban J connectivity index is 0.00000161. The van der Waals surface area contributed by atoms with Crippen molar-refractivity contribution in [2.45, 2.75) is 50.6 Å². The summed E-state index contributed by atoms with van der Waals surface area (Å²) in [4.78, 5) is 13.4. The highest BCUT2D eigenvalue weighted by Crippen LogP contribution is 2.39. The van der Waals surface area contributed by atoms with Crippen LogP contribution in [0.3, 0.4) is 0 Å². The van der Waals surface area contributed by atoms with Crippen molar-refractivity contribution in [1.82, 2.24) is 5.32 Å². The lowest BCUT2D eigenvalue weighted by Crippen LogP contribution is -2.53. The summed E-state index contributed by atoms with van der Waals surface area (Å²) in [7, 11) is 0. The number of nitrogens with one attached hydrogen (secondary N) is 1. The molecule has 118 valence electrons. The number of halogens is 2. The lowest BCUT2D eigenvalue weighted by atomic mass is 9.67. The van der Waals surface area contributed by atoms with Crippen molar-refractivity contribution in [3.63, 3.8) is 0 Å². The van der Waals surface area contributed by atoms with Gasteiger partial charge in [0.25, 0.3) is 0 Å². The number of hydrogen-bond acceptors (Lipinski definition) is 3. The number of thiophene rings is 1. The van der Waals surface area contributed by atoms with E-state index in [0.717, 1.165) is 21.5 Å². The molecular formula is C15H22BrClN2OS. The first-order valence-electron chi connectivity index (χ1n) is 7.41. The largest absolute Gasteiger partial charge is 0.352 e. The first-order valence-corrected chi connectivity index (χ1v) is 9.02. The van der Waals surface area contributed by atoms with Gasteiger partial charge in [-0.25, -0.2) is 0 Å². The van der Waals surface area contributed by atoms with Crippen LogP contribution in [0.5, 0.6) is 0 Å². The van der Waals surface area contributed by atoms with E-state index in [0.29, 0.717) is 30.3 Å². The van der Waals surface area contributed by atoms with E-state index in [4.69, 9.17) is 5.73 Å². The normalized spacial score (nSPS) is 31.3. The smallest absolute Gasteiger partial charge is 0.225 e. The second kappa shape index (κ2) is 7.44. The van der Waals surface area contributed by atoms with Gasteiger partial charge >= 0.3 is 0 Å². The Hall–Kier alpha value is -0.100. The highest BCUT2D eigenvalue weighted by Gasteiger charge is 2.39. The molecule has 2 atom stereocenters. The fraction of sp³-hybridized carbons (Fsp3) is 0.667. The van der Waals surface area contributed by atoms with Gasteiger partial charge in [-0.15, -0.1) is 23.7 Å². The van der Waals surface area contributed by atoms with E-state index in [2.05, 4.69) is 21.2 Å². The van der Waals surface area contributed by atoms with Gasteiger partial charge in [0, 0.05) is 17.0 Å². The van der Waals surface area contributed by atoms with Crippen LogP contribution >= 0.6 is 39.7 Å². The van der Waals surface area contributed by atoms with Crippen molar-refractivity contribution < 1.29 is 4.79 Å². The summed E-state index contributed by atoms with van der Waals surface area (Å²) in [6.07, 6.45) is 6.39. The summed E-state index contributed by atoms with van der Waals surface area (Å²) in [5, 5.41) is 3.30. The number of rotatable bonds is 3. The Kier molecular flexibility index (Phi) is 6.12. The number of carbonyl (C=O) groups is 1. The maximum Gasteiger partial charge on any atom is 0.225 e. The maximum absolute atomic E-state index is 12.3. The van der Waals surface area contributed by atoms with Gasteiger partial charge < -0.3 is 11.1 Å². The quantitative estimate of drug-likeness (QED) is 0.826. The van der Waals surface area contributed by atoms with Crippen LogP contribution in [0.2, 0.25) is 0 Å². The minimum Gasteiger partial charge on any atom is -0.352 e. The molecular weight excluding hydrogens is 372 g/mol. The molecule has 1 heterocycles. The second-order valence-electron chi connectivity index (χ2n) is 6.16. The fourth-order valence-corrected chi connectivity index (χ4v) is 5.35. The first kappa shape index (κ1) is 17.3. The Labute approximate surface area is 144 Å². The standard InChI is InChI=1S/C15H21BrN2OS.ClH/c16-13-5-4-12(20-13)8-14(19)18-15-9-2-1-3-10(15)7-11(17)6-9;/h4-5,9-11,15H,1-3,6-8,17H2,(H,18,19);1H. The van der Waals surface area contributed by atoms with Crippen LogP contribution in [0, 0.1) is 11.8 Å². The molecule has 1 aromatic heterocycles. The summed E-state index contributed by atoms with van der Waals surface area (Å²) in [6, 6.07) is 4.72. The molecule has 2 saturated carbocycles. The van der Waals surface area contributed by atoms with Gasteiger partial charge in [0.15, 0.2) is 0 Å². The van der Waals surface area contributed by atoms with Crippen molar-refractivity contribution >= 4 is 45.6 Å². The second-order valence-corrected chi connectivity index (χ2v) is 8.71. The van der Waals surface area contributed by atoms with E-state index in [9.17, 15) is 4.79 Å². The zero-order valence-corrected chi connectivity index (χ0v) is 15.1. The van der Waals surface area contributed by atoms with Gasteiger partial charge in [0.2, 0.25) is 5.91 Å². The monoisotopic (exact) mass is 392 g/mol. The van der Waals surface area contributed by atoms with Crippen molar-refractivity contribution in [3.05, 3.63) is 20.8 Å². The van der Waals surface area contributed by atoms with E-state index in [1.165, 1.54) is 19.3 Å². The van der Waals surface area contributed by atoms with Crippen LogP contribution in [0.1, 0.15) is 37.0 Å². The van der Waals surface area contributed by atoms with Crippen LogP contribution in [0.25, 0.3) is 0 Å². The van der Waals surface area contributed by atoms with E-state index in [1.54, 1.807) is 11.3 Å². The zero-order chi connectivity index (χ0) is 14.1. The van der Waals surface area contributed by atoms with Gasteiger partial charge in [-0.3, -0.25) is 4.79 Å². The summed E-state index contributed by atoms with van der Waals surface area (Å²) in [6.45, 7) is 0. The molecule has 0 radical (unpaired) electrons. The van der Waals surface area contributed by atoms with Gasteiger partial charge in [-0.05, 0) is 65.6 Å². The van der Waals surface area contributed by atoms with E-state index >= 15 is 0 Å². The molecule has 2 fully saturated rings. The Morgan fingerprint density at radius 1 is 1.33 bits per heavy atom. The molecule has 6 heteroatoms. The molecule has 0 spiro atoms. The van der Waals surface area contributed by atoms with Crippen LogP contribution in [-0.4, -0.2) is 18.0 Å². The van der Waals surface area contributed by atoms with Gasteiger partial charge in [-0.1, -0.05) is 6.42 Å². The van der Waals surface area contributed by atoms with Crippen molar-refractivity contribution in [2.75, 3.05) is 0 Å². The molecule has 2 aliphatic carbocycles. The number of hydrogen-bond donors (Lipinski definition) is 2. The molecule has 1 amide bonds. The summed E-state index contributed by atoms with van der Waals surface area (Å²) < 4.78 is 1.08. The number of carbonyl (C=O) groups excluding carboxylic acids is 1. The molecule has 3 rings (SSSR count). The average Bonchev–Trinajstić information content (AvgIpc) is 2.76. The van der Waals surface area contributed by atoms with Gasteiger partial charge in [-0.2, -0.15) is 0 Å². The molecule has 2 unspecified atom stereocenters. The number of nitrogens with two attached hydrogens (primary N) is 1. The fourth-order valence-electron chi connectivity index (χ4n) is 3.87. The molecule has 2 bridgehead atoms. The molecule has 2 aliphatic rings. The molecule has 3 nitrogen and oxygen atoms in total. The topological polar surface area (TPSA) is 55.1 Å². The molecule has 1 aromatic rings. The summed E-state index contributed by atoms with van der Waals surface area (Å²) in [5.41, 5.74) is 6.13. The summed E-state index contributed by atoms with van der Waals surface area (Å²) >= 11 is 5.08. The van der Waals surface area contributed by atoms with Crippen molar-refractivity contribution in [1.29, 1.82) is 0 Å². The van der Waals surface area contributed by atoms with Gasteiger partial charge in [0.05, 0.1) is 10.2 Å². The van der Waals surface area contributed by atoms with Crippen molar-refractivity contribution in [3.8, 4) is 0 Å². The number of fused-ring (bicyclic) bond motifs is 2. The average molecular weight is 394 g/mol. The van der Waals surface area contributed by atoms with Crippen LogP contribution in [0.4, 0.5) is 0 Å². The van der Waals surface area contributed by atoms with Crippen LogP contribution in [-0.2, 0) is 11.2 Å². The molecule has 21 heavy (non-hydrogen) atoms. The predicted octanol–water partition coefficient (Wildman–Crippen LogP) is 3.50. The number of amides is 1. The van der Waals surface area contributed by atoms with E-state index < -0.39 is 0 Å². The molecule has 3 N–H and O–H groups in total. The highest BCUT2D eigenvalue weighted by atomic mass is 79.9. The van der Waals surface area contributed by atoms with Crippen LogP contribution < -0.4 is 11.1 Å². The summed E-state index contributed by atoms with van der Waals surface area (Å²) in [5.74, 6) is 1.35. The lowest BCUT2D eigenvalue weighted by molar-refractivity contribution is -0.122. The maximum atomic E-state index is 12.3. The lowest BCUT2D eigenvalue weighted by Gasteiger charge is -2.45. The Morgan fingerprint density at radius 3 is 2.57 bits per heavy atom. The van der Waals surface area contributed by atoms with E-state index in [1.807, 2.05) is 12.1 Å². The Morgan fingerprint density at radius 2 is 2.00 bits per heavy atom. The third-order valence-corrected chi connectivity index (χ3v) is 6.29. The minimum absolute atomic E-state index is 0. The Bertz CT molecular complexity index is 482. The third kappa shape index (κ3) is 4.21. The predicted molar refractivity (Wildman–Crippen MR) is 92.9 cm³/mol. The molecule has 0 aliphatic heterocycles. The first-order chi connectivity index (χ1) is 9.61. The zero-order valence-electron chi connectivity index (χ0n) is 11.9. The molecule has 0 saturated heterocycles. The van der Waals surface area contributed by atoms with Crippen molar-refractivity contribution in [2.24, 2.45) is 17.6 Å². The minimum atomic E-state index is 0. The third-order valence-electron chi connectivity index (χ3n) is 4.67. The van der Waals surface area contributed by atoms with Gasteiger partial charge in [0.1, 0.15) is 0 Å². The van der Waals surface area contributed by atoms with Crippen LogP contribution in [0.15, 0.2) is 15.9 Å². The SMILES string of the molecule is Cl.NC1CC2CCCC(C1)C2NC(=O)Cc1ccc(Br)s1. The van der Waals surface area contributed by atoms with E-state index in [-0.39, 0.29) is 18.3 Å². The molecule has 0 aromatic carbocycles. The highest BCUT2D eigenvalue weighted by molar-refractivity contribution is 9.11.